The van der Waals surface area contributed by atoms with Crippen LogP contribution in [0.5, 0.6) is 0 Å². The number of nitrogens with zero attached hydrogens (tertiary/aromatic N) is 2. The number of rotatable bonds is 1. The molecule has 78 valence electrons. The minimum Gasteiger partial charge on any atom is -0.325 e. The molecule has 0 spiro atoms. The Labute approximate surface area is 79.8 Å². The first kappa shape index (κ1) is 9.55. The minimum absolute atomic E-state index is 0.728. The molecule has 0 atom stereocenters. The van der Waals surface area contributed by atoms with E-state index in [-0.39, 0.29) is 0 Å². The second-order valence-corrected chi connectivity index (χ2v) is 3.59. The molecule has 0 unspecified atom stereocenters. The molecule has 0 amide bonds. The van der Waals surface area contributed by atoms with Gasteiger partial charge in [0.1, 0.15) is 6.54 Å². The third-order valence-corrected chi connectivity index (χ3v) is 2.46. The van der Waals surface area contributed by atoms with Crippen LogP contribution in [0.4, 0.5) is 13.2 Å². The lowest BCUT2D eigenvalue weighted by molar-refractivity contribution is -0.141. The van der Waals surface area contributed by atoms with E-state index in [4.69, 9.17) is 0 Å². The summed E-state index contributed by atoms with van der Waals surface area (Å²) in [5.74, 6) is 0. The van der Waals surface area contributed by atoms with Gasteiger partial charge in [0.25, 0.3) is 0 Å². The summed E-state index contributed by atoms with van der Waals surface area (Å²) in [7, 11) is 0. The van der Waals surface area contributed by atoms with Gasteiger partial charge in [-0.2, -0.15) is 13.2 Å². The Morgan fingerprint density at radius 1 is 1.29 bits per heavy atom. The van der Waals surface area contributed by atoms with Gasteiger partial charge in [0.15, 0.2) is 0 Å². The summed E-state index contributed by atoms with van der Waals surface area (Å²) in [6, 6.07) is 0. The van der Waals surface area contributed by atoms with Gasteiger partial charge in [0, 0.05) is 5.69 Å². The zero-order valence-electron chi connectivity index (χ0n) is 7.64. The van der Waals surface area contributed by atoms with E-state index in [9.17, 15) is 13.2 Å². The molecule has 1 aliphatic rings. The fraction of sp³-hybridized carbons (Fsp3) is 0.667. The first-order chi connectivity index (χ1) is 6.56. The Morgan fingerprint density at radius 3 is 2.71 bits per heavy atom. The monoisotopic (exact) mass is 204 g/mol. The molecule has 1 heterocycles. The van der Waals surface area contributed by atoms with Crippen molar-refractivity contribution in [1.82, 2.24) is 9.55 Å². The van der Waals surface area contributed by atoms with Crippen molar-refractivity contribution in [2.45, 2.75) is 38.4 Å². The lowest BCUT2D eigenvalue weighted by Crippen LogP contribution is -2.19. The average molecular weight is 204 g/mol. The summed E-state index contributed by atoms with van der Waals surface area (Å²) in [6.45, 7) is -0.907. The SMILES string of the molecule is FC(F)(F)Cn1cnc2c1CCCC2. The number of hydrogen-bond acceptors (Lipinski definition) is 1. The first-order valence-corrected chi connectivity index (χ1v) is 4.66. The Hall–Kier alpha value is -1.00. The Bertz CT molecular complexity index is 327. The number of fused-ring (bicyclic) bond motifs is 1. The van der Waals surface area contributed by atoms with E-state index in [0.29, 0.717) is 0 Å². The predicted octanol–water partition coefficient (Wildman–Crippen LogP) is 2.32. The molecule has 0 N–H and O–H groups in total. The highest BCUT2D eigenvalue weighted by Crippen LogP contribution is 2.24. The summed E-state index contributed by atoms with van der Waals surface area (Å²) in [4.78, 5) is 4.00. The molecule has 14 heavy (non-hydrogen) atoms. The van der Waals surface area contributed by atoms with Crippen molar-refractivity contribution in [2.75, 3.05) is 0 Å². The van der Waals surface area contributed by atoms with Gasteiger partial charge in [-0.3, -0.25) is 0 Å². The summed E-state index contributed by atoms with van der Waals surface area (Å²) in [5.41, 5.74) is 1.62. The highest BCUT2D eigenvalue weighted by Gasteiger charge is 2.29. The molecule has 5 heteroatoms. The van der Waals surface area contributed by atoms with Crippen molar-refractivity contribution in [2.24, 2.45) is 0 Å². The molecule has 0 aliphatic heterocycles. The van der Waals surface area contributed by atoms with E-state index >= 15 is 0 Å². The topological polar surface area (TPSA) is 17.8 Å². The van der Waals surface area contributed by atoms with Crippen molar-refractivity contribution < 1.29 is 13.2 Å². The zero-order chi connectivity index (χ0) is 10.2. The molecule has 0 fully saturated rings. The largest absolute Gasteiger partial charge is 0.406 e. The Morgan fingerprint density at radius 2 is 2.00 bits per heavy atom. The van der Waals surface area contributed by atoms with Crippen molar-refractivity contribution in [3.05, 3.63) is 17.7 Å². The molecule has 2 nitrogen and oxygen atoms in total. The van der Waals surface area contributed by atoms with E-state index in [1.54, 1.807) is 0 Å². The van der Waals surface area contributed by atoms with Crippen molar-refractivity contribution >= 4 is 0 Å². The number of hydrogen-bond donors (Lipinski definition) is 0. The van der Waals surface area contributed by atoms with Gasteiger partial charge < -0.3 is 4.57 Å². The third kappa shape index (κ3) is 1.91. The van der Waals surface area contributed by atoms with Gasteiger partial charge in [0.2, 0.25) is 0 Å². The number of aromatic nitrogens is 2. The number of aryl methyl sites for hydroxylation is 1. The highest BCUT2D eigenvalue weighted by molar-refractivity contribution is 5.16. The number of halogens is 3. The van der Waals surface area contributed by atoms with Crippen LogP contribution in [0.25, 0.3) is 0 Å². The van der Waals surface area contributed by atoms with Crippen LogP contribution in [-0.4, -0.2) is 15.7 Å². The highest BCUT2D eigenvalue weighted by atomic mass is 19.4. The van der Waals surface area contributed by atoms with E-state index < -0.39 is 12.7 Å². The molecule has 1 aliphatic carbocycles. The quantitative estimate of drug-likeness (QED) is 0.686. The third-order valence-electron chi connectivity index (χ3n) is 2.46. The van der Waals surface area contributed by atoms with Crippen LogP contribution in [0, 0.1) is 0 Å². The maximum Gasteiger partial charge on any atom is 0.406 e. The van der Waals surface area contributed by atoms with E-state index in [1.165, 1.54) is 10.9 Å². The standard InChI is InChI=1S/C9H11F3N2/c10-9(11,12)5-14-6-13-7-3-1-2-4-8(7)14/h6H,1-5H2. The van der Waals surface area contributed by atoms with Crippen molar-refractivity contribution in [1.29, 1.82) is 0 Å². The Balaban J connectivity index is 2.22. The zero-order valence-corrected chi connectivity index (χ0v) is 7.64. The minimum atomic E-state index is -4.15. The van der Waals surface area contributed by atoms with Gasteiger partial charge in [0.05, 0.1) is 12.0 Å². The molecule has 0 saturated heterocycles. The van der Waals surface area contributed by atoms with Crippen LogP contribution in [0.2, 0.25) is 0 Å². The van der Waals surface area contributed by atoms with E-state index in [2.05, 4.69) is 4.98 Å². The van der Waals surface area contributed by atoms with Crippen LogP contribution >= 0.6 is 0 Å². The van der Waals surface area contributed by atoms with Crippen LogP contribution in [-0.2, 0) is 19.4 Å². The Kier molecular flexibility index (Phi) is 2.25. The molecule has 1 aromatic rings. The number of alkyl halides is 3. The maximum absolute atomic E-state index is 12.1. The summed E-state index contributed by atoms with van der Waals surface area (Å²) >= 11 is 0. The van der Waals surface area contributed by atoms with Gasteiger partial charge in [-0.1, -0.05) is 0 Å². The lowest BCUT2D eigenvalue weighted by Gasteiger charge is -2.15. The molecule has 2 rings (SSSR count). The second kappa shape index (κ2) is 3.29. The van der Waals surface area contributed by atoms with E-state index in [1.807, 2.05) is 0 Å². The van der Waals surface area contributed by atoms with Gasteiger partial charge >= 0.3 is 6.18 Å². The molecular weight excluding hydrogens is 193 g/mol. The summed E-state index contributed by atoms with van der Waals surface area (Å²) in [5, 5.41) is 0. The van der Waals surface area contributed by atoms with E-state index in [0.717, 1.165) is 37.1 Å². The molecule has 0 aromatic carbocycles. The molecular formula is C9H11F3N2. The fourth-order valence-corrected chi connectivity index (χ4v) is 1.86. The smallest absolute Gasteiger partial charge is 0.325 e. The summed E-state index contributed by atoms with van der Waals surface area (Å²) < 4.78 is 37.7. The second-order valence-electron chi connectivity index (χ2n) is 3.59. The van der Waals surface area contributed by atoms with Gasteiger partial charge in [-0.25, -0.2) is 4.98 Å². The van der Waals surface area contributed by atoms with Crippen LogP contribution in [0.1, 0.15) is 24.2 Å². The van der Waals surface area contributed by atoms with Gasteiger partial charge in [-0.05, 0) is 25.7 Å². The summed E-state index contributed by atoms with van der Waals surface area (Å²) in [6.07, 6.45) is 0.716. The average Bonchev–Trinajstić information content (AvgIpc) is 2.47. The van der Waals surface area contributed by atoms with Crippen LogP contribution < -0.4 is 0 Å². The molecule has 0 radical (unpaired) electrons. The predicted molar refractivity (Wildman–Crippen MR) is 44.9 cm³/mol. The number of imidazole rings is 1. The lowest BCUT2D eigenvalue weighted by atomic mass is 10.0. The van der Waals surface area contributed by atoms with Gasteiger partial charge in [-0.15, -0.1) is 0 Å². The molecule has 1 aromatic heterocycles. The first-order valence-electron chi connectivity index (χ1n) is 4.66. The maximum atomic E-state index is 12.1. The van der Waals surface area contributed by atoms with Crippen molar-refractivity contribution in [3.8, 4) is 0 Å². The van der Waals surface area contributed by atoms with Crippen molar-refractivity contribution in [3.63, 3.8) is 0 Å². The normalized spacial score (nSPS) is 16.8. The molecule has 0 saturated carbocycles. The van der Waals surface area contributed by atoms with Crippen LogP contribution in [0.15, 0.2) is 6.33 Å². The fourth-order valence-electron chi connectivity index (χ4n) is 1.86. The molecule has 0 bridgehead atoms. The van der Waals surface area contributed by atoms with Crippen LogP contribution in [0.3, 0.4) is 0 Å².